The molecule has 0 radical (unpaired) electrons. The number of imidazole rings is 1. The Hall–Kier alpha value is -2.01. The van der Waals surface area contributed by atoms with Crippen LogP contribution in [0, 0.1) is 0 Å². The number of anilines is 1. The summed E-state index contributed by atoms with van der Waals surface area (Å²) in [7, 11) is 0. The number of rotatable bonds is 1. The molecule has 10 nitrogen and oxygen atoms in total. The SMILES string of the molecule is Nc1nc2nc(C3OC[C@@H](O)[C@@H](O)[C@H]3O)[nH]c2c(=O)[nH]1. The van der Waals surface area contributed by atoms with Gasteiger partial charge in [0.15, 0.2) is 11.2 Å². The lowest BCUT2D eigenvalue weighted by atomic mass is 10.00. The Morgan fingerprint density at radius 1 is 1.20 bits per heavy atom. The number of ether oxygens (including phenoxy) is 1. The van der Waals surface area contributed by atoms with Crippen molar-refractivity contribution in [2.24, 2.45) is 0 Å². The fourth-order valence-corrected chi connectivity index (χ4v) is 2.12. The molecule has 1 saturated heterocycles. The fourth-order valence-electron chi connectivity index (χ4n) is 2.12. The zero-order valence-corrected chi connectivity index (χ0v) is 10.1. The molecule has 0 saturated carbocycles. The molecule has 1 aliphatic rings. The molecule has 0 bridgehead atoms. The van der Waals surface area contributed by atoms with Gasteiger partial charge in [0, 0.05) is 0 Å². The number of H-pyrrole nitrogens is 2. The van der Waals surface area contributed by atoms with Crippen LogP contribution in [0.15, 0.2) is 4.79 Å². The number of aliphatic hydroxyl groups excluding tert-OH is 3. The van der Waals surface area contributed by atoms with Gasteiger partial charge in [-0.2, -0.15) is 4.98 Å². The minimum Gasteiger partial charge on any atom is -0.388 e. The maximum atomic E-state index is 11.7. The van der Waals surface area contributed by atoms with Crippen molar-refractivity contribution in [1.29, 1.82) is 0 Å². The van der Waals surface area contributed by atoms with Crippen molar-refractivity contribution in [3.63, 3.8) is 0 Å². The van der Waals surface area contributed by atoms with Gasteiger partial charge in [-0.1, -0.05) is 0 Å². The molecular formula is C10H13N5O5. The van der Waals surface area contributed by atoms with Crippen molar-refractivity contribution < 1.29 is 20.1 Å². The Bertz CT molecular complexity index is 697. The van der Waals surface area contributed by atoms with E-state index in [0.717, 1.165) is 0 Å². The first-order chi connectivity index (χ1) is 9.47. The van der Waals surface area contributed by atoms with Crippen LogP contribution >= 0.6 is 0 Å². The average molecular weight is 283 g/mol. The largest absolute Gasteiger partial charge is 0.388 e. The summed E-state index contributed by atoms with van der Waals surface area (Å²) in [5, 5.41) is 28.9. The van der Waals surface area contributed by atoms with Gasteiger partial charge in [-0.15, -0.1) is 0 Å². The van der Waals surface area contributed by atoms with Gasteiger partial charge in [0.1, 0.15) is 30.2 Å². The molecule has 1 aliphatic heterocycles. The summed E-state index contributed by atoms with van der Waals surface area (Å²) in [5.41, 5.74) is 5.07. The highest BCUT2D eigenvalue weighted by Crippen LogP contribution is 2.27. The highest BCUT2D eigenvalue weighted by molar-refractivity contribution is 5.70. The molecule has 2 aromatic rings. The van der Waals surface area contributed by atoms with Gasteiger partial charge in [-0.25, -0.2) is 4.98 Å². The molecular weight excluding hydrogens is 270 g/mol. The summed E-state index contributed by atoms with van der Waals surface area (Å²) in [5.74, 6) is 0.0446. The molecule has 4 atom stereocenters. The molecule has 10 heteroatoms. The first-order valence-corrected chi connectivity index (χ1v) is 5.88. The zero-order valence-electron chi connectivity index (χ0n) is 10.1. The average Bonchev–Trinajstić information content (AvgIpc) is 2.80. The van der Waals surface area contributed by atoms with E-state index in [9.17, 15) is 20.1 Å². The summed E-state index contributed by atoms with van der Waals surface area (Å²) in [6.07, 6.45) is -4.92. The molecule has 0 amide bonds. The second-order valence-electron chi connectivity index (χ2n) is 4.57. The van der Waals surface area contributed by atoms with Crippen molar-refractivity contribution in [1.82, 2.24) is 19.9 Å². The van der Waals surface area contributed by atoms with Crippen LogP contribution in [0.5, 0.6) is 0 Å². The Labute approximate surface area is 111 Å². The molecule has 3 rings (SSSR count). The fraction of sp³-hybridized carbons (Fsp3) is 0.500. The van der Waals surface area contributed by atoms with Gasteiger partial charge in [0.25, 0.3) is 5.56 Å². The molecule has 108 valence electrons. The zero-order chi connectivity index (χ0) is 14.4. The number of fused-ring (bicyclic) bond motifs is 1. The van der Waals surface area contributed by atoms with Crippen LogP contribution in [0.3, 0.4) is 0 Å². The summed E-state index contributed by atoms with van der Waals surface area (Å²) >= 11 is 0. The normalized spacial score (nSPS) is 30.8. The van der Waals surface area contributed by atoms with Crippen molar-refractivity contribution >= 4 is 17.1 Å². The highest BCUT2D eigenvalue weighted by atomic mass is 16.5. The Kier molecular flexibility index (Phi) is 2.94. The van der Waals surface area contributed by atoms with Crippen molar-refractivity contribution in [3.05, 3.63) is 16.2 Å². The smallest absolute Gasteiger partial charge is 0.278 e. The molecule has 0 aliphatic carbocycles. The molecule has 0 aromatic carbocycles. The lowest BCUT2D eigenvalue weighted by Crippen LogP contribution is -2.49. The van der Waals surface area contributed by atoms with Gasteiger partial charge in [0.05, 0.1) is 6.61 Å². The van der Waals surface area contributed by atoms with Crippen LogP contribution in [-0.4, -0.2) is 60.2 Å². The summed E-state index contributed by atoms with van der Waals surface area (Å²) in [6.45, 7) is -0.161. The number of aromatic amines is 2. The first-order valence-electron chi connectivity index (χ1n) is 5.88. The van der Waals surface area contributed by atoms with E-state index in [1.165, 1.54) is 0 Å². The summed E-state index contributed by atoms with van der Waals surface area (Å²) in [4.78, 5) is 24.5. The van der Waals surface area contributed by atoms with Gasteiger partial charge >= 0.3 is 0 Å². The van der Waals surface area contributed by atoms with E-state index in [-0.39, 0.29) is 29.5 Å². The molecule has 20 heavy (non-hydrogen) atoms. The Balaban J connectivity index is 2.02. The first kappa shape index (κ1) is 13.0. The van der Waals surface area contributed by atoms with Crippen LogP contribution in [0.4, 0.5) is 5.95 Å². The summed E-state index contributed by atoms with van der Waals surface area (Å²) in [6, 6.07) is 0. The number of nitrogen functional groups attached to an aromatic ring is 1. The maximum Gasteiger partial charge on any atom is 0.278 e. The van der Waals surface area contributed by atoms with E-state index in [4.69, 9.17) is 10.5 Å². The topological polar surface area (TPSA) is 170 Å². The van der Waals surface area contributed by atoms with Crippen LogP contribution in [0.2, 0.25) is 0 Å². The van der Waals surface area contributed by atoms with Crippen molar-refractivity contribution in [3.8, 4) is 0 Å². The highest BCUT2D eigenvalue weighted by Gasteiger charge is 2.40. The molecule has 1 unspecified atom stereocenters. The molecule has 1 fully saturated rings. The van der Waals surface area contributed by atoms with E-state index >= 15 is 0 Å². The predicted molar refractivity (Wildman–Crippen MR) is 65.6 cm³/mol. The number of aliphatic hydroxyl groups is 3. The molecule has 3 heterocycles. The Morgan fingerprint density at radius 3 is 2.70 bits per heavy atom. The second-order valence-corrected chi connectivity index (χ2v) is 4.57. The van der Waals surface area contributed by atoms with Crippen molar-refractivity contribution in [2.45, 2.75) is 24.4 Å². The Morgan fingerprint density at radius 2 is 1.95 bits per heavy atom. The lowest BCUT2D eigenvalue weighted by Gasteiger charge is -2.34. The number of nitrogens with zero attached hydrogens (tertiary/aromatic N) is 2. The van der Waals surface area contributed by atoms with Crippen LogP contribution in [-0.2, 0) is 4.74 Å². The van der Waals surface area contributed by atoms with Crippen LogP contribution in [0.1, 0.15) is 11.9 Å². The molecule has 2 aromatic heterocycles. The minimum absolute atomic E-state index is 0.0812. The monoisotopic (exact) mass is 283 g/mol. The quantitative estimate of drug-likeness (QED) is 0.330. The lowest BCUT2D eigenvalue weighted by molar-refractivity contribution is -0.191. The number of nitrogens with one attached hydrogen (secondary N) is 2. The van der Waals surface area contributed by atoms with E-state index in [1.807, 2.05) is 0 Å². The van der Waals surface area contributed by atoms with E-state index in [2.05, 4.69) is 19.9 Å². The minimum atomic E-state index is -1.38. The van der Waals surface area contributed by atoms with Gasteiger partial charge < -0.3 is 30.8 Å². The van der Waals surface area contributed by atoms with E-state index in [1.54, 1.807) is 0 Å². The van der Waals surface area contributed by atoms with E-state index in [0.29, 0.717) is 0 Å². The van der Waals surface area contributed by atoms with Gasteiger partial charge in [0.2, 0.25) is 5.95 Å². The number of nitrogens with two attached hydrogens (primary N) is 1. The van der Waals surface area contributed by atoms with Crippen LogP contribution < -0.4 is 11.3 Å². The standard InChI is InChI=1S/C10H13N5O5/c11-10-14-7-3(9(19)15-10)12-8(13-7)6-5(18)4(17)2(16)1-20-6/h2,4-6,16-18H,1H2,(H4,11,12,13,14,15,19)/t2-,4-,5-,6?/m1/s1. The second kappa shape index (κ2) is 4.52. The number of hydrogen-bond acceptors (Lipinski definition) is 8. The van der Waals surface area contributed by atoms with Crippen LogP contribution in [0.25, 0.3) is 11.2 Å². The van der Waals surface area contributed by atoms with Crippen molar-refractivity contribution in [2.75, 3.05) is 12.3 Å². The van der Waals surface area contributed by atoms with Gasteiger partial charge in [-0.3, -0.25) is 9.78 Å². The maximum absolute atomic E-state index is 11.7. The van der Waals surface area contributed by atoms with Gasteiger partial charge in [-0.05, 0) is 0 Å². The third-order valence-electron chi connectivity index (χ3n) is 3.17. The predicted octanol–water partition coefficient (Wildman–Crippen LogP) is -2.62. The third kappa shape index (κ3) is 1.94. The third-order valence-corrected chi connectivity index (χ3v) is 3.17. The van der Waals surface area contributed by atoms with E-state index < -0.39 is 30.0 Å². The molecule has 0 spiro atoms. The molecule has 7 N–H and O–H groups in total. The summed E-state index contributed by atoms with van der Waals surface area (Å²) < 4.78 is 5.23. The number of aromatic nitrogens is 4. The number of hydrogen-bond donors (Lipinski definition) is 6.